The van der Waals surface area contributed by atoms with Gasteiger partial charge in [-0.25, -0.2) is 0 Å². The Morgan fingerprint density at radius 2 is 1.61 bits per heavy atom. The van der Waals surface area contributed by atoms with Gasteiger partial charge in [-0.3, -0.25) is 14.5 Å². The number of fused-ring (bicyclic) bond motifs is 2. The number of anilines is 1. The van der Waals surface area contributed by atoms with Crippen LogP contribution in [0, 0.1) is 0 Å². The highest BCUT2D eigenvalue weighted by Crippen LogP contribution is 2.42. The molecule has 3 aromatic carbocycles. The summed E-state index contributed by atoms with van der Waals surface area (Å²) in [5.41, 5.74) is 2.02. The maximum atomic E-state index is 13.7. The molecule has 36 heavy (non-hydrogen) atoms. The molecule has 0 radical (unpaired) electrons. The molecule has 0 aliphatic carbocycles. The zero-order valence-corrected chi connectivity index (χ0v) is 23.0. The quantitative estimate of drug-likeness (QED) is 0.190. The van der Waals surface area contributed by atoms with Crippen molar-refractivity contribution in [3.05, 3.63) is 103 Å². The number of unbranched alkanes of at least 4 members (excludes halogenated alkanes) is 3. The van der Waals surface area contributed by atoms with E-state index in [1.165, 1.54) is 12.8 Å². The first-order chi connectivity index (χ1) is 17.5. The lowest BCUT2D eigenvalue weighted by Crippen LogP contribution is -2.29. The van der Waals surface area contributed by atoms with Gasteiger partial charge in [-0.1, -0.05) is 70.2 Å². The van der Waals surface area contributed by atoms with Crippen molar-refractivity contribution in [2.45, 2.75) is 38.6 Å². The van der Waals surface area contributed by atoms with Crippen LogP contribution in [0.3, 0.4) is 0 Å². The van der Waals surface area contributed by atoms with E-state index in [1.807, 2.05) is 48.5 Å². The van der Waals surface area contributed by atoms with Crippen LogP contribution in [0.15, 0.2) is 84.9 Å². The Morgan fingerprint density at radius 1 is 0.889 bits per heavy atom. The van der Waals surface area contributed by atoms with Gasteiger partial charge in [-0.2, -0.15) is 0 Å². The van der Waals surface area contributed by atoms with E-state index in [9.17, 15) is 9.59 Å². The molecule has 0 saturated carbocycles. The third-order valence-electron chi connectivity index (χ3n) is 6.40. The highest BCUT2D eigenvalue weighted by atomic mass is 79.9. The van der Waals surface area contributed by atoms with Gasteiger partial charge in [-0.05, 0) is 66.6 Å². The van der Waals surface area contributed by atoms with Crippen molar-refractivity contribution in [1.82, 2.24) is 0 Å². The number of nitrogens with zero attached hydrogens (tertiary/aromatic N) is 1. The molecule has 1 aliphatic rings. The molecule has 7 heteroatoms. The first-order valence-electron chi connectivity index (χ1n) is 12.1. The number of ether oxygens (including phenoxy) is 1. The first kappa shape index (κ1) is 24.8. The van der Waals surface area contributed by atoms with Gasteiger partial charge in [0.1, 0.15) is 11.3 Å². The summed E-state index contributed by atoms with van der Waals surface area (Å²) in [5, 5.41) is 0.436. The lowest BCUT2D eigenvalue weighted by molar-refractivity contribution is 0.0971. The van der Waals surface area contributed by atoms with Crippen molar-refractivity contribution in [3.63, 3.8) is 0 Å². The second-order valence-corrected chi connectivity index (χ2v) is 10.7. The van der Waals surface area contributed by atoms with Gasteiger partial charge in [0, 0.05) is 14.6 Å². The summed E-state index contributed by atoms with van der Waals surface area (Å²) >= 11 is 6.90. The normalized spacial score (nSPS) is 14.9. The van der Waals surface area contributed by atoms with Gasteiger partial charge in [0.2, 0.25) is 5.76 Å². The van der Waals surface area contributed by atoms with Crippen LogP contribution >= 0.6 is 31.9 Å². The monoisotopic (exact) mass is 609 g/mol. The van der Waals surface area contributed by atoms with Crippen molar-refractivity contribution < 1.29 is 13.9 Å². The molecule has 1 amide bonds. The fourth-order valence-corrected chi connectivity index (χ4v) is 5.22. The molecule has 1 unspecified atom stereocenters. The molecular weight excluding hydrogens is 586 g/mol. The van der Waals surface area contributed by atoms with Gasteiger partial charge in [0.25, 0.3) is 5.91 Å². The fourth-order valence-electron chi connectivity index (χ4n) is 4.59. The zero-order valence-electron chi connectivity index (χ0n) is 19.8. The van der Waals surface area contributed by atoms with E-state index in [0.29, 0.717) is 28.8 Å². The lowest BCUT2D eigenvalue weighted by Gasteiger charge is -2.25. The number of carbonyl (C=O) groups excluding carboxylic acids is 1. The third-order valence-corrected chi connectivity index (χ3v) is 7.42. The van der Waals surface area contributed by atoms with Crippen LogP contribution in [0.25, 0.3) is 11.0 Å². The van der Waals surface area contributed by atoms with Gasteiger partial charge in [0.15, 0.2) is 5.43 Å². The molecule has 2 heterocycles. The van der Waals surface area contributed by atoms with Crippen LogP contribution in [0.1, 0.15) is 60.3 Å². The predicted molar refractivity (Wildman–Crippen MR) is 149 cm³/mol. The standard InChI is InChI=1S/C29H25Br2NO4/c1-2-3-4-5-16-35-22-13-6-18(7-14-22)26-25-27(33)23-17-20(31)10-15-24(23)36-28(25)29(34)32(26)21-11-8-19(30)9-12-21/h6-15,17,26H,2-5,16H2,1H3. The second-order valence-electron chi connectivity index (χ2n) is 8.85. The summed E-state index contributed by atoms with van der Waals surface area (Å²) in [5.74, 6) is 0.513. The highest BCUT2D eigenvalue weighted by Gasteiger charge is 2.43. The van der Waals surface area contributed by atoms with Crippen LogP contribution in [-0.2, 0) is 0 Å². The molecule has 1 aromatic heterocycles. The summed E-state index contributed by atoms with van der Waals surface area (Å²) < 4.78 is 13.6. The van der Waals surface area contributed by atoms with E-state index in [1.54, 1.807) is 23.1 Å². The Labute approximate surface area is 226 Å². The molecule has 5 rings (SSSR count). The largest absolute Gasteiger partial charge is 0.494 e. The molecule has 0 saturated heterocycles. The molecule has 0 N–H and O–H groups in total. The zero-order chi connectivity index (χ0) is 25.2. The number of benzene rings is 3. The molecule has 0 bridgehead atoms. The van der Waals surface area contributed by atoms with Crippen molar-refractivity contribution in [1.29, 1.82) is 0 Å². The van der Waals surface area contributed by atoms with E-state index in [0.717, 1.165) is 33.1 Å². The minimum absolute atomic E-state index is 0.0824. The Hall–Kier alpha value is -2.90. The van der Waals surface area contributed by atoms with Gasteiger partial charge in [0.05, 0.1) is 23.6 Å². The molecule has 184 valence electrons. The summed E-state index contributed by atoms with van der Waals surface area (Å²) in [6.45, 7) is 2.85. The summed E-state index contributed by atoms with van der Waals surface area (Å²) in [7, 11) is 0. The first-order valence-corrected chi connectivity index (χ1v) is 13.6. The summed E-state index contributed by atoms with van der Waals surface area (Å²) in [6, 6.07) is 19.7. The number of rotatable bonds is 8. The molecule has 1 aliphatic heterocycles. The smallest absolute Gasteiger partial charge is 0.295 e. The summed E-state index contributed by atoms with van der Waals surface area (Å²) in [6.07, 6.45) is 4.56. The Morgan fingerprint density at radius 3 is 2.33 bits per heavy atom. The third kappa shape index (κ3) is 4.74. The van der Waals surface area contributed by atoms with Gasteiger partial charge in [-0.15, -0.1) is 0 Å². The second kappa shape index (κ2) is 10.6. The number of hydrogen-bond donors (Lipinski definition) is 0. The van der Waals surface area contributed by atoms with Crippen molar-refractivity contribution in [3.8, 4) is 5.75 Å². The topological polar surface area (TPSA) is 59.8 Å². The van der Waals surface area contributed by atoms with Crippen LogP contribution in [0.4, 0.5) is 5.69 Å². The van der Waals surface area contributed by atoms with Crippen molar-refractivity contribution in [2.24, 2.45) is 0 Å². The van der Waals surface area contributed by atoms with Crippen LogP contribution in [0.5, 0.6) is 5.75 Å². The van der Waals surface area contributed by atoms with Crippen LogP contribution < -0.4 is 15.1 Å². The maximum absolute atomic E-state index is 13.7. The number of halogens is 2. The van der Waals surface area contributed by atoms with Crippen LogP contribution in [0.2, 0.25) is 0 Å². The van der Waals surface area contributed by atoms with E-state index in [2.05, 4.69) is 38.8 Å². The molecule has 5 nitrogen and oxygen atoms in total. The molecular formula is C29H25Br2NO4. The maximum Gasteiger partial charge on any atom is 0.295 e. The number of carbonyl (C=O) groups is 1. The minimum Gasteiger partial charge on any atom is -0.494 e. The van der Waals surface area contributed by atoms with Gasteiger partial charge < -0.3 is 9.15 Å². The summed E-state index contributed by atoms with van der Waals surface area (Å²) in [4.78, 5) is 29.0. The average Bonchev–Trinajstić information content (AvgIpc) is 3.18. The highest BCUT2D eigenvalue weighted by molar-refractivity contribution is 9.10. The lowest BCUT2D eigenvalue weighted by atomic mass is 9.98. The fraction of sp³-hybridized carbons (Fsp3) is 0.241. The molecule has 0 fully saturated rings. The Balaban J connectivity index is 1.57. The number of hydrogen-bond acceptors (Lipinski definition) is 4. The van der Waals surface area contributed by atoms with Crippen molar-refractivity contribution in [2.75, 3.05) is 11.5 Å². The molecule has 1 atom stereocenters. The van der Waals surface area contributed by atoms with Gasteiger partial charge >= 0.3 is 0 Å². The Kier molecular flexibility index (Phi) is 7.30. The van der Waals surface area contributed by atoms with E-state index in [-0.39, 0.29) is 17.1 Å². The average molecular weight is 611 g/mol. The Bertz CT molecular complexity index is 1460. The van der Waals surface area contributed by atoms with Crippen molar-refractivity contribution >= 4 is 54.4 Å². The molecule has 0 spiro atoms. The number of amides is 1. The van der Waals surface area contributed by atoms with E-state index in [4.69, 9.17) is 9.15 Å². The van der Waals surface area contributed by atoms with E-state index >= 15 is 0 Å². The predicted octanol–water partition coefficient (Wildman–Crippen LogP) is 8.03. The SMILES string of the molecule is CCCCCCOc1ccc(C2c3c(oc4ccc(Br)cc4c3=O)C(=O)N2c2ccc(Br)cc2)cc1. The van der Waals surface area contributed by atoms with E-state index < -0.39 is 6.04 Å². The molecule has 4 aromatic rings. The van der Waals surface area contributed by atoms with Crippen LogP contribution in [-0.4, -0.2) is 12.5 Å². The minimum atomic E-state index is -0.619.